The lowest BCUT2D eigenvalue weighted by Gasteiger charge is -2.20. The molecule has 20 heavy (non-hydrogen) atoms. The summed E-state index contributed by atoms with van der Waals surface area (Å²) in [5.41, 5.74) is 4.42. The molecule has 0 aliphatic rings. The van der Waals surface area contributed by atoms with E-state index in [1.807, 2.05) is 32.0 Å². The van der Waals surface area contributed by atoms with E-state index in [4.69, 9.17) is 0 Å². The van der Waals surface area contributed by atoms with Gasteiger partial charge in [-0.1, -0.05) is 25.1 Å². The lowest BCUT2D eigenvalue weighted by molar-refractivity contribution is 0.544. The van der Waals surface area contributed by atoms with Gasteiger partial charge in [0, 0.05) is 17.4 Å². The van der Waals surface area contributed by atoms with Crippen LogP contribution in [0.5, 0.6) is 0 Å². The minimum Gasteiger partial charge on any atom is -0.310 e. The van der Waals surface area contributed by atoms with Gasteiger partial charge in [0.05, 0.1) is 0 Å². The molecule has 1 unspecified atom stereocenters. The van der Waals surface area contributed by atoms with E-state index in [-0.39, 0.29) is 11.9 Å². The fraction of sp³-hybridized carbons (Fsp3) is 0.353. The molecular weight excluding hydrogens is 251 g/mol. The van der Waals surface area contributed by atoms with Crippen LogP contribution >= 0.6 is 0 Å². The Balaban J connectivity index is 2.24. The van der Waals surface area contributed by atoms with Crippen LogP contribution in [0, 0.1) is 19.7 Å². The normalized spacial score (nSPS) is 12.4. The van der Waals surface area contributed by atoms with Crippen molar-refractivity contribution < 1.29 is 4.39 Å². The number of halogens is 1. The third-order valence-electron chi connectivity index (χ3n) is 3.44. The quantitative estimate of drug-likeness (QED) is 0.897. The summed E-state index contributed by atoms with van der Waals surface area (Å²) in [6, 6.07) is 11.1. The van der Waals surface area contributed by atoms with Gasteiger partial charge in [0.25, 0.3) is 0 Å². The number of aryl methyl sites for hydroxylation is 2. The number of aromatic nitrogens is 1. The van der Waals surface area contributed by atoms with Crippen LogP contribution in [0.2, 0.25) is 0 Å². The molecule has 1 heterocycles. The number of hydrogen-bond acceptors (Lipinski definition) is 2. The van der Waals surface area contributed by atoms with Crippen molar-refractivity contribution in [3.63, 3.8) is 0 Å². The Labute approximate surface area is 120 Å². The number of hydrogen-bond donors (Lipinski definition) is 1. The highest BCUT2D eigenvalue weighted by atomic mass is 19.1. The van der Waals surface area contributed by atoms with Gasteiger partial charge >= 0.3 is 0 Å². The van der Waals surface area contributed by atoms with Gasteiger partial charge in [0.2, 0.25) is 0 Å². The first-order chi connectivity index (χ1) is 9.60. The van der Waals surface area contributed by atoms with Crippen molar-refractivity contribution in [3.05, 3.63) is 64.7 Å². The largest absolute Gasteiger partial charge is 0.310 e. The summed E-state index contributed by atoms with van der Waals surface area (Å²) in [5, 5.41) is 3.49. The zero-order valence-electron chi connectivity index (χ0n) is 12.3. The van der Waals surface area contributed by atoms with Gasteiger partial charge in [-0.05, 0) is 56.1 Å². The molecule has 0 fully saturated rings. The highest BCUT2D eigenvalue weighted by Crippen LogP contribution is 2.21. The molecule has 0 amide bonds. The maximum atomic E-state index is 13.0. The lowest BCUT2D eigenvalue weighted by Crippen LogP contribution is -2.24. The van der Waals surface area contributed by atoms with Crippen molar-refractivity contribution in [3.8, 4) is 0 Å². The van der Waals surface area contributed by atoms with Crippen molar-refractivity contribution in [1.29, 1.82) is 0 Å². The van der Waals surface area contributed by atoms with Gasteiger partial charge in [-0.25, -0.2) is 4.39 Å². The van der Waals surface area contributed by atoms with Gasteiger partial charge < -0.3 is 5.32 Å². The molecule has 1 aromatic carbocycles. The molecule has 0 aliphatic carbocycles. The van der Waals surface area contributed by atoms with Crippen LogP contribution in [0.4, 0.5) is 4.39 Å². The molecule has 2 nitrogen and oxygen atoms in total. The van der Waals surface area contributed by atoms with Crippen molar-refractivity contribution in [2.24, 2.45) is 0 Å². The predicted octanol–water partition coefficient (Wildman–Crippen LogP) is 3.73. The van der Waals surface area contributed by atoms with E-state index in [9.17, 15) is 4.39 Å². The van der Waals surface area contributed by atoms with Crippen LogP contribution in [0.25, 0.3) is 0 Å². The average Bonchev–Trinajstić information content (AvgIpc) is 2.41. The van der Waals surface area contributed by atoms with Gasteiger partial charge in [-0.2, -0.15) is 0 Å². The summed E-state index contributed by atoms with van der Waals surface area (Å²) in [5.74, 6) is -0.193. The second-order valence-electron chi connectivity index (χ2n) is 5.07. The molecule has 0 radical (unpaired) electrons. The molecule has 2 rings (SSSR count). The zero-order chi connectivity index (χ0) is 14.5. The Morgan fingerprint density at radius 1 is 1.10 bits per heavy atom. The van der Waals surface area contributed by atoms with E-state index in [0.29, 0.717) is 0 Å². The van der Waals surface area contributed by atoms with E-state index >= 15 is 0 Å². The molecule has 0 bridgehead atoms. The minimum atomic E-state index is -0.193. The Morgan fingerprint density at radius 2 is 1.80 bits per heavy atom. The number of nitrogens with zero attached hydrogens (tertiary/aromatic N) is 1. The molecule has 0 spiro atoms. The minimum absolute atomic E-state index is 0.193. The summed E-state index contributed by atoms with van der Waals surface area (Å²) in [6.45, 7) is 7.02. The topological polar surface area (TPSA) is 24.9 Å². The van der Waals surface area contributed by atoms with Crippen molar-refractivity contribution in [2.45, 2.75) is 33.2 Å². The number of pyridine rings is 1. The molecule has 1 aromatic heterocycles. The number of nitrogens with one attached hydrogen (secondary N) is 1. The molecule has 3 heteroatoms. The summed E-state index contributed by atoms with van der Waals surface area (Å²) in [7, 11) is 0. The number of benzene rings is 1. The highest BCUT2D eigenvalue weighted by molar-refractivity contribution is 5.28. The lowest BCUT2D eigenvalue weighted by atomic mass is 9.97. The van der Waals surface area contributed by atoms with Crippen molar-refractivity contribution in [1.82, 2.24) is 10.3 Å². The summed E-state index contributed by atoms with van der Waals surface area (Å²) in [4.78, 5) is 4.53. The Kier molecular flexibility index (Phi) is 4.85. The van der Waals surface area contributed by atoms with Gasteiger partial charge in [0.1, 0.15) is 5.82 Å². The fourth-order valence-electron chi connectivity index (χ4n) is 2.46. The zero-order valence-corrected chi connectivity index (χ0v) is 12.3. The third kappa shape index (κ3) is 3.64. The van der Waals surface area contributed by atoms with Crippen LogP contribution in [0.1, 0.15) is 35.5 Å². The molecule has 0 saturated carbocycles. The van der Waals surface area contributed by atoms with Crippen LogP contribution in [0.15, 0.2) is 36.4 Å². The second kappa shape index (κ2) is 6.62. The molecule has 106 valence electrons. The maximum absolute atomic E-state index is 13.0. The van der Waals surface area contributed by atoms with E-state index in [0.717, 1.165) is 29.9 Å². The summed E-state index contributed by atoms with van der Waals surface area (Å²) < 4.78 is 13.0. The first kappa shape index (κ1) is 14.7. The highest BCUT2D eigenvalue weighted by Gasteiger charge is 2.14. The van der Waals surface area contributed by atoms with Crippen LogP contribution in [-0.2, 0) is 6.42 Å². The van der Waals surface area contributed by atoms with Crippen LogP contribution in [0.3, 0.4) is 0 Å². The van der Waals surface area contributed by atoms with E-state index in [1.54, 1.807) is 0 Å². The molecular formula is C17H21FN2. The smallest absolute Gasteiger partial charge is 0.123 e. The number of likely N-dealkylation sites (N-methyl/N-ethyl adjacent to an activating group) is 1. The average molecular weight is 272 g/mol. The van der Waals surface area contributed by atoms with E-state index < -0.39 is 0 Å². The Hall–Kier alpha value is -1.74. The van der Waals surface area contributed by atoms with Crippen LogP contribution in [-0.4, -0.2) is 11.5 Å². The van der Waals surface area contributed by atoms with Gasteiger partial charge in [0.15, 0.2) is 0 Å². The predicted molar refractivity (Wildman–Crippen MR) is 80.2 cm³/mol. The SMILES string of the molecule is CCNC(Cc1ccc(F)cc1)c1ccc(C)nc1C. The Morgan fingerprint density at radius 3 is 2.40 bits per heavy atom. The third-order valence-corrected chi connectivity index (χ3v) is 3.44. The summed E-state index contributed by atoms with van der Waals surface area (Å²) in [6.07, 6.45) is 0.833. The Bertz CT molecular complexity index is 564. The molecule has 0 saturated heterocycles. The molecule has 1 N–H and O–H groups in total. The maximum Gasteiger partial charge on any atom is 0.123 e. The monoisotopic (exact) mass is 272 g/mol. The summed E-state index contributed by atoms with van der Waals surface area (Å²) >= 11 is 0. The fourth-order valence-corrected chi connectivity index (χ4v) is 2.46. The van der Waals surface area contributed by atoms with Crippen LogP contribution < -0.4 is 5.32 Å². The van der Waals surface area contributed by atoms with Gasteiger partial charge in [-0.3, -0.25) is 4.98 Å². The van der Waals surface area contributed by atoms with E-state index in [1.165, 1.54) is 17.7 Å². The molecule has 2 aromatic rings. The number of rotatable bonds is 5. The van der Waals surface area contributed by atoms with Gasteiger partial charge in [-0.15, -0.1) is 0 Å². The van der Waals surface area contributed by atoms with Crippen molar-refractivity contribution in [2.75, 3.05) is 6.54 Å². The first-order valence-electron chi connectivity index (χ1n) is 7.02. The second-order valence-corrected chi connectivity index (χ2v) is 5.07. The standard InChI is InChI=1S/C17H21FN2/c1-4-19-17(11-14-6-8-15(18)9-7-14)16-10-5-12(2)20-13(16)3/h5-10,17,19H,4,11H2,1-3H3. The first-order valence-corrected chi connectivity index (χ1v) is 7.02. The molecule has 1 atom stereocenters. The van der Waals surface area contributed by atoms with Crippen molar-refractivity contribution >= 4 is 0 Å². The molecule has 0 aliphatic heterocycles. The van der Waals surface area contributed by atoms with E-state index in [2.05, 4.69) is 23.3 Å².